The summed E-state index contributed by atoms with van der Waals surface area (Å²) >= 11 is 0. The van der Waals surface area contributed by atoms with Gasteiger partial charge in [0.1, 0.15) is 0 Å². The van der Waals surface area contributed by atoms with Crippen LogP contribution in [0.4, 0.5) is 0 Å². The van der Waals surface area contributed by atoms with Crippen molar-refractivity contribution in [3.63, 3.8) is 0 Å². The van der Waals surface area contributed by atoms with E-state index >= 15 is 0 Å². The molecular weight excluding hydrogens is 300 g/mol. The van der Waals surface area contributed by atoms with Gasteiger partial charge >= 0.3 is 0 Å². The molecule has 1 N–H and O–H groups in total. The summed E-state index contributed by atoms with van der Waals surface area (Å²) in [5.74, 6) is 1.64. The molecule has 3 unspecified atom stereocenters. The van der Waals surface area contributed by atoms with Gasteiger partial charge in [0.2, 0.25) is 5.91 Å². The molecule has 0 aromatic heterocycles. The van der Waals surface area contributed by atoms with E-state index in [9.17, 15) is 4.79 Å². The molecule has 0 spiro atoms. The molecule has 0 bridgehead atoms. The normalized spacial score (nSPS) is 36.2. The minimum Gasteiger partial charge on any atom is -0.341 e. The lowest BCUT2D eigenvalue weighted by Gasteiger charge is -2.40. The van der Waals surface area contributed by atoms with Gasteiger partial charge in [-0.15, -0.1) is 0 Å². The molecule has 3 aliphatic rings. The number of amides is 1. The Labute approximate surface area is 147 Å². The predicted octanol–water partition coefficient (Wildman–Crippen LogP) is 1.11. The molecule has 3 heterocycles. The van der Waals surface area contributed by atoms with Crippen molar-refractivity contribution in [2.75, 3.05) is 65.4 Å². The Kier molecular flexibility index (Phi) is 5.83. The molecule has 0 aromatic carbocycles. The fraction of sp³-hybridized carbons (Fsp3) is 0.947. The molecule has 0 radical (unpaired) electrons. The molecule has 138 valence electrons. The fourth-order valence-corrected chi connectivity index (χ4v) is 4.81. The number of piperidine rings is 1. The van der Waals surface area contributed by atoms with Crippen LogP contribution < -0.4 is 5.32 Å². The lowest BCUT2D eigenvalue weighted by Crippen LogP contribution is -2.53. The van der Waals surface area contributed by atoms with Crippen molar-refractivity contribution in [1.29, 1.82) is 0 Å². The van der Waals surface area contributed by atoms with Crippen LogP contribution in [0.5, 0.6) is 0 Å². The maximum Gasteiger partial charge on any atom is 0.236 e. The smallest absolute Gasteiger partial charge is 0.236 e. The number of likely N-dealkylation sites (tertiary alicyclic amines) is 1. The van der Waals surface area contributed by atoms with Gasteiger partial charge < -0.3 is 15.1 Å². The molecule has 3 aliphatic heterocycles. The van der Waals surface area contributed by atoms with Gasteiger partial charge in [-0.2, -0.15) is 0 Å². The molecule has 1 amide bonds. The maximum atomic E-state index is 12.6. The van der Waals surface area contributed by atoms with Gasteiger partial charge in [-0.05, 0) is 36.6 Å². The third kappa shape index (κ3) is 4.70. The molecule has 5 nitrogen and oxygen atoms in total. The van der Waals surface area contributed by atoms with Gasteiger partial charge in [0.05, 0.1) is 6.54 Å². The van der Waals surface area contributed by atoms with Crippen molar-refractivity contribution < 1.29 is 4.79 Å². The quantitative estimate of drug-likeness (QED) is 0.835. The lowest BCUT2D eigenvalue weighted by atomic mass is 9.89. The lowest BCUT2D eigenvalue weighted by molar-refractivity contribution is -0.135. The van der Waals surface area contributed by atoms with Crippen LogP contribution in [-0.2, 0) is 4.79 Å². The van der Waals surface area contributed by atoms with E-state index in [2.05, 4.69) is 40.8 Å². The van der Waals surface area contributed by atoms with Gasteiger partial charge in [0, 0.05) is 52.4 Å². The zero-order valence-electron chi connectivity index (χ0n) is 15.9. The fourth-order valence-electron chi connectivity index (χ4n) is 4.81. The van der Waals surface area contributed by atoms with Gasteiger partial charge in [0.25, 0.3) is 0 Å². The summed E-state index contributed by atoms with van der Waals surface area (Å²) in [6.07, 6.45) is 2.55. The average molecular weight is 337 g/mol. The van der Waals surface area contributed by atoms with Crippen molar-refractivity contribution in [2.45, 2.75) is 33.6 Å². The van der Waals surface area contributed by atoms with Crippen molar-refractivity contribution in [3.8, 4) is 0 Å². The summed E-state index contributed by atoms with van der Waals surface area (Å²) in [6.45, 7) is 17.3. The van der Waals surface area contributed by atoms with Crippen LogP contribution in [0.1, 0.15) is 33.6 Å². The van der Waals surface area contributed by atoms with E-state index in [1.54, 1.807) is 0 Å². The summed E-state index contributed by atoms with van der Waals surface area (Å²) < 4.78 is 0. The number of rotatable bonds is 4. The first kappa shape index (κ1) is 18.2. The van der Waals surface area contributed by atoms with Crippen LogP contribution in [0.25, 0.3) is 0 Å². The summed E-state index contributed by atoms with van der Waals surface area (Å²) in [6, 6.07) is 0. The molecule has 0 saturated carbocycles. The van der Waals surface area contributed by atoms with Crippen molar-refractivity contribution >= 4 is 5.91 Å². The van der Waals surface area contributed by atoms with Crippen molar-refractivity contribution in [3.05, 3.63) is 0 Å². The highest BCUT2D eigenvalue weighted by Crippen LogP contribution is 2.26. The Morgan fingerprint density at radius 3 is 2.29 bits per heavy atom. The number of hydrogen-bond acceptors (Lipinski definition) is 4. The van der Waals surface area contributed by atoms with Gasteiger partial charge in [-0.25, -0.2) is 0 Å². The second-order valence-electron chi connectivity index (χ2n) is 9.03. The average Bonchev–Trinajstić information content (AvgIpc) is 2.94. The second kappa shape index (κ2) is 7.71. The monoisotopic (exact) mass is 336 g/mol. The van der Waals surface area contributed by atoms with Crippen LogP contribution in [-0.4, -0.2) is 86.1 Å². The van der Waals surface area contributed by atoms with Gasteiger partial charge in [-0.1, -0.05) is 20.8 Å². The maximum absolute atomic E-state index is 12.6. The SMILES string of the molecule is CC1CC(C)CN(C(=O)CN2CCN(CC3(C)CCNC3)CC2)C1. The van der Waals surface area contributed by atoms with Crippen LogP contribution in [0.2, 0.25) is 0 Å². The van der Waals surface area contributed by atoms with Gasteiger partial charge in [0.15, 0.2) is 0 Å². The summed E-state index contributed by atoms with van der Waals surface area (Å²) in [5, 5.41) is 3.49. The zero-order chi connectivity index (χ0) is 17.2. The first-order chi connectivity index (χ1) is 11.4. The van der Waals surface area contributed by atoms with Crippen molar-refractivity contribution in [1.82, 2.24) is 20.0 Å². The number of nitrogens with one attached hydrogen (secondary N) is 1. The Bertz CT molecular complexity index is 417. The van der Waals surface area contributed by atoms with Crippen LogP contribution in [0.3, 0.4) is 0 Å². The molecule has 0 aliphatic carbocycles. The molecule has 3 atom stereocenters. The van der Waals surface area contributed by atoms with E-state index in [0.29, 0.717) is 29.7 Å². The molecular formula is C19H36N4O. The minimum atomic E-state index is 0.341. The van der Waals surface area contributed by atoms with Crippen molar-refractivity contribution in [2.24, 2.45) is 17.3 Å². The predicted molar refractivity (Wildman–Crippen MR) is 98.0 cm³/mol. The number of carbonyl (C=O) groups excluding carboxylic acids is 1. The molecule has 0 aromatic rings. The summed E-state index contributed by atoms with van der Waals surface area (Å²) in [7, 11) is 0. The minimum absolute atomic E-state index is 0.341. The first-order valence-electron chi connectivity index (χ1n) is 9.87. The molecule has 3 fully saturated rings. The molecule has 5 heteroatoms. The summed E-state index contributed by atoms with van der Waals surface area (Å²) in [4.78, 5) is 19.7. The second-order valence-corrected chi connectivity index (χ2v) is 9.03. The highest BCUT2D eigenvalue weighted by Gasteiger charge is 2.32. The Balaban J connectivity index is 1.41. The Morgan fingerprint density at radius 2 is 1.71 bits per heavy atom. The molecule has 3 saturated heterocycles. The topological polar surface area (TPSA) is 38.8 Å². The van der Waals surface area contributed by atoms with E-state index < -0.39 is 0 Å². The van der Waals surface area contributed by atoms with E-state index in [0.717, 1.165) is 52.4 Å². The third-order valence-corrected chi connectivity index (χ3v) is 6.11. The summed E-state index contributed by atoms with van der Waals surface area (Å²) in [5.41, 5.74) is 0.443. The van der Waals surface area contributed by atoms with E-state index in [4.69, 9.17) is 0 Å². The van der Waals surface area contributed by atoms with Crippen LogP contribution in [0, 0.1) is 17.3 Å². The number of hydrogen-bond donors (Lipinski definition) is 1. The molecule has 24 heavy (non-hydrogen) atoms. The highest BCUT2D eigenvalue weighted by molar-refractivity contribution is 5.78. The Morgan fingerprint density at radius 1 is 1.08 bits per heavy atom. The number of carbonyl (C=O) groups is 1. The largest absolute Gasteiger partial charge is 0.341 e. The number of nitrogens with zero attached hydrogens (tertiary/aromatic N) is 3. The van der Waals surface area contributed by atoms with Gasteiger partial charge in [-0.3, -0.25) is 9.69 Å². The zero-order valence-corrected chi connectivity index (χ0v) is 15.9. The van der Waals surface area contributed by atoms with E-state index in [1.807, 2.05) is 0 Å². The van der Waals surface area contributed by atoms with E-state index in [-0.39, 0.29) is 0 Å². The third-order valence-electron chi connectivity index (χ3n) is 6.11. The highest BCUT2D eigenvalue weighted by atomic mass is 16.2. The Hall–Kier alpha value is -0.650. The first-order valence-corrected chi connectivity index (χ1v) is 9.87. The van der Waals surface area contributed by atoms with Crippen LogP contribution in [0.15, 0.2) is 0 Å². The van der Waals surface area contributed by atoms with Crippen LogP contribution >= 0.6 is 0 Å². The molecule has 3 rings (SSSR count). The standard InChI is InChI=1S/C19H36N4O/c1-16-10-17(2)12-23(11-16)18(24)13-21-6-8-22(9-7-21)15-19(3)4-5-20-14-19/h16-17,20H,4-15H2,1-3H3. The number of piperazine rings is 1. The van der Waals surface area contributed by atoms with E-state index in [1.165, 1.54) is 19.4 Å².